The van der Waals surface area contributed by atoms with Crippen LogP contribution in [0.5, 0.6) is 5.75 Å². The lowest BCUT2D eigenvalue weighted by Crippen LogP contribution is -2.35. The van der Waals surface area contributed by atoms with Gasteiger partial charge in [-0.05, 0) is 43.3 Å². The fourth-order valence-electron chi connectivity index (χ4n) is 3.23. The molecule has 2 heterocycles. The van der Waals surface area contributed by atoms with E-state index in [9.17, 15) is 9.59 Å². The lowest BCUT2D eigenvalue weighted by Gasteiger charge is -2.13. The molecule has 8 heteroatoms. The molecule has 4 aromatic rings. The molecule has 1 atom stereocenters. The number of carbonyl (C=O) groups excluding carboxylic acids is 2. The standard InChI is InChI=1S/C25H23N3O5/c1-17(24(29)26-15-21-12-7-13-32-21)33-25(30)22-16-28(19-9-4-3-5-10-19)27-23(22)18-8-6-11-20(14-18)31-2/h3-14,16-17H,15H2,1-2H3,(H,26,29). The second-order valence-electron chi connectivity index (χ2n) is 7.25. The Morgan fingerprint density at radius 2 is 1.91 bits per heavy atom. The number of aromatic nitrogens is 2. The number of ether oxygens (including phenoxy) is 2. The number of amides is 1. The summed E-state index contributed by atoms with van der Waals surface area (Å²) >= 11 is 0. The van der Waals surface area contributed by atoms with Crippen LogP contribution in [0, 0.1) is 0 Å². The highest BCUT2D eigenvalue weighted by Gasteiger charge is 2.24. The zero-order valence-electron chi connectivity index (χ0n) is 18.2. The molecular weight excluding hydrogens is 422 g/mol. The molecule has 4 rings (SSSR count). The van der Waals surface area contributed by atoms with Crippen molar-refractivity contribution in [3.8, 4) is 22.7 Å². The van der Waals surface area contributed by atoms with Crippen molar-refractivity contribution in [1.82, 2.24) is 15.1 Å². The van der Waals surface area contributed by atoms with Crippen LogP contribution < -0.4 is 10.1 Å². The minimum atomic E-state index is -1.01. The summed E-state index contributed by atoms with van der Waals surface area (Å²) in [4.78, 5) is 25.5. The minimum Gasteiger partial charge on any atom is -0.497 e. The van der Waals surface area contributed by atoms with E-state index >= 15 is 0 Å². The first-order valence-electron chi connectivity index (χ1n) is 10.4. The van der Waals surface area contributed by atoms with Crippen molar-refractivity contribution in [3.05, 3.63) is 90.5 Å². The Morgan fingerprint density at radius 1 is 1.09 bits per heavy atom. The van der Waals surface area contributed by atoms with Crippen LogP contribution in [0.25, 0.3) is 16.9 Å². The molecule has 0 spiro atoms. The summed E-state index contributed by atoms with van der Waals surface area (Å²) in [6.07, 6.45) is 2.11. The number of hydrogen-bond acceptors (Lipinski definition) is 6. The molecule has 33 heavy (non-hydrogen) atoms. The quantitative estimate of drug-likeness (QED) is 0.412. The summed E-state index contributed by atoms with van der Waals surface area (Å²) in [6, 6.07) is 20.1. The Balaban J connectivity index is 1.58. The van der Waals surface area contributed by atoms with Crippen molar-refractivity contribution in [1.29, 1.82) is 0 Å². The van der Waals surface area contributed by atoms with Crippen molar-refractivity contribution in [2.75, 3.05) is 7.11 Å². The van der Waals surface area contributed by atoms with E-state index in [0.29, 0.717) is 22.8 Å². The van der Waals surface area contributed by atoms with E-state index in [4.69, 9.17) is 13.9 Å². The van der Waals surface area contributed by atoms with Gasteiger partial charge in [0.15, 0.2) is 6.10 Å². The van der Waals surface area contributed by atoms with Crippen LogP contribution in [-0.4, -0.2) is 34.9 Å². The summed E-state index contributed by atoms with van der Waals surface area (Å²) in [5.74, 6) is 0.145. The van der Waals surface area contributed by atoms with Crippen LogP contribution >= 0.6 is 0 Å². The number of hydrogen-bond donors (Lipinski definition) is 1. The predicted octanol–water partition coefficient (Wildman–Crippen LogP) is 4.00. The van der Waals surface area contributed by atoms with Gasteiger partial charge in [-0.25, -0.2) is 9.48 Å². The van der Waals surface area contributed by atoms with Gasteiger partial charge in [0, 0.05) is 11.8 Å². The highest BCUT2D eigenvalue weighted by molar-refractivity contribution is 5.97. The Labute approximate surface area is 190 Å². The van der Waals surface area contributed by atoms with Crippen LogP contribution in [0.4, 0.5) is 0 Å². The largest absolute Gasteiger partial charge is 0.497 e. The van der Waals surface area contributed by atoms with E-state index < -0.39 is 18.0 Å². The molecule has 0 bridgehead atoms. The molecule has 0 radical (unpaired) electrons. The second-order valence-corrected chi connectivity index (χ2v) is 7.25. The summed E-state index contributed by atoms with van der Waals surface area (Å²) < 4.78 is 17.6. The van der Waals surface area contributed by atoms with Gasteiger partial charge in [0.05, 0.1) is 25.6 Å². The van der Waals surface area contributed by atoms with E-state index in [1.807, 2.05) is 42.5 Å². The fourth-order valence-corrected chi connectivity index (χ4v) is 3.23. The zero-order chi connectivity index (χ0) is 23.2. The molecule has 1 N–H and O–H groups in total. The molecule has 0 saturated heterocycles. The number of rotatable bonds is 8. The third kappa shape index (κ3) is 5.12. The third-order valence-electron chi connectivity index (χ3n) is 4.97. The van der Waals surface area contributed by atoms with Crippen molar-refractivity contribution in [2.45, 2.75) is 19.6 Å². The first kappa shape index (κ1) is 21.9. The van der Waals surface area contributed by atoms with E-state index in [1.54, 1.807) is 42.3 Å². The SMILES string of the molecule is COc1cccc(-c2nn(-c3ccccc3)cc2C(=O)OC(C)C(=O)NCc2ccco2)c1. The average Bonchev–Trinajstić information content (AvgIpc) is 3.53. The first-order chi connectivity index (χ1) is 16.0. The van der Waals surface area contributed by atoms with Gasteiger partial charge in [-0.3, -0.25) is 4.79 Å². The molecule has 0 aliphatic carbocycles. The summed E-state index contributed by atoms with van der Waals surface area (Å²) in [5, 5.41) is 7.30. The molecule has 1 unspecified atom stereocenters. The monoisotopic (exact) mass is 445 g/mol. The Kier molecular flexibility index (Phi) is 6.54. The van der Waals surface area contributed by atoms with Crippen LogP contribution in [0.2, 0.25) is 0 Å². The van der Waals surface area contributed by atoms with Gasteiger partial charge in [-0.1, -0.05) is 30.3 Å². The minimum absolute atomic E-state index is 0.203. The highest BCUT2D eigenvalue weighted by Crippen LogP contribution is 2.27. The Bertz CT molecular complexity index is 1230. The molecule has 0 saturated carbocycles. The second kappa shape index (κ2) is 9.86. The molecule has 1 amide bonds. The number of furan rings is 1. The molecule has 0 aliphatic rings. The average molecular weight is 445 g/mol. The first-order valence-corrected chi connectivity index (χ1v) is 10.4. The number of methoxy groups -OCH3 is 1. The van der Waals surface area contributed by atoms with E-state index in [-0.39, 0.29) is 12.1 Å². The van der Waals surface area contributed by atoms with Gasteiger partial charge >= 0.3 is 5.97 Å². The summed E-state index contributed by atoms with van der Waals surface area (Å²) in [5.41, 5.74) is 2.12. The molecule has 0 aliphatic heterocycles. The number of nitrogens with one attached hydrogen (secondary N) is 1. The van der Waals surface area contributed by atoms with E-state index in [0.717, 1.165) is 5.69 Å². The predicted molar refractivity (Wildman–Crippen MR) is 121 cm³/mol. The van der Waals surface area contributed by atoms with Gasteiger partial charge in [-0.15, -0.1) is 0 Å². The highest BCUT2D eigenvalue weighted by atomic mass is 16.5. The molecule has 2 aromatic heterocycles. The third-order valence-corrected chi connectivity index (χ3v) is 4.97. The number of esters is 1. The van der Waals surface area contributed by atoms with Crippen molar-refractivity contribution >= 4 is 11.9 Å². The fraction of sp³-hybridized carbons (Fsp3) is 0.160. The molecular formula is C25H23N3O5. The van der Waals surface area contributed by atoms with Crippen molar-refractivity contribution in [3.63, 3.8) is 0 Å². The summed E-state index contributed by atoms with van der Waals surface area (Å²) in [6.45, 7) is 1.72. The number of carbonyl (C=O) groups is 2. The molecule has 168 valence electrons. The van der Waals surface area contributed by atoms with Crippen LogP contribution in [0.3, 0.4) is 0 Å². The van der Waals surface area contributed by atoms with Crippen LogP contribution in [-0.2, 0) is 16.1 Å². The maximum Gasteiger partial charge on any atom is 0.342 e. The zero-order valence-corrected chi connectivity index (χ0v) is 18.2. The van der Waals surface area contributed by atoms with E-state index in [2.05, 4.69) is 10.4 Å². The number of para-hydroxylation sites is 1. The van der Waals surface area contributed by atoms with Gasteiger partial charge in [0.25, 0.3) is 5.91 Å². The Morgan fingerprint density at radius 3 is 2.64 bits per heavy atom. The lowest BCUT2D eigenvalue weighted by molar-refractivity contribution is -0.129. The summed E-state index contributed by atoms with van der Waals surface area (Å²) in [7, 11) is 1.57. The topological polar surface area (TPSA) is 95.6 Å². The lowest BCUT2D eigenvalue weighted by atomic mass is 10.1. The van der Waals surface area contributed by atoms with Gasteiger partial charge in [0.1, 0.15) is 22.8 Å². The van der Waals surface area contributed by atoms with Gasteiger partial charge < -0.3 is 19.2 Å². The molecule has 0 fully saturated rings. The van der Waals surface area contributed by atoms with Crippen molar-refractivity contribution in [2.24, 2.45) is 0 Å². The maximum atomic E-state index is 13.1. The Hall–Kier alpha value is -4.33. The van der Waals surface area contributed by atoms with Crippen LogP contribution in [0.1, 0.15) is 23.0 Å². The van der Waals surface area contributed by atoms with Gasteiger partial charge in [-0.2, -0.15) is 5.10 Å². The smallest absolute Gasteiger partial charge is 0.342 e. The number of nitrogens with zero attached hydrogens (tertiary/aromatic N) is 2. The maximum absolute atomic E-state index is 13.1. The normalized spacial score (nSPS) is 11.6. The van der Waals surface area contributed by atoms with Crippen LogP contribution in [0.15, 0.2) is 83.6 Å². The molecule has 8 nitrogen and oxygen atoms in total. The van der Waals surface area contributed by atoms with Crippen molar-refractivity contribution < 1.29 is 23.5 Å². The van der Waals surface area contributed by atoms with Gasteiger partial charge in [0.2, 0.25) is 0 Å². The molecule has 2 aromatic carbocycles. The van der Waals surface area contributed by atoms with E-state index in [1.165, 1.54) is 13.2 Å². The number of benzene rings is 2.